The molecule has 27 heavy (non-hydrogen) atoms. The molecule has 0 fully saturated rings. The molecule has 7 heteroatoms. The molecular weight excluding hydrogens is 378 g/mol. The maximum Gasteiger partial charge on any atom is 0.121 e. The first kappa shape index (κ1) is 17.8. The van der Waals surface area contributed by atoms with Crippen molar-refractivity contribution in [2.24, 2.45) is 7.05 Å². The van der Waals surface area contributed by atoms with Crippen LogP contribution in [-0.2, 0) is 13.6 Å². The highest BCUT2D eigenvalue weighted by Crippen LogP contribution is 2.32. The molecule has 0 bridgehead atoms. The van der Waals surface area contributed by atoms with Gasteiger partial charge < -0.3 is 0 Å². The average molecular weight is 396 g/mol. The van der Waals surface area contributed by atoms with Gasteiger partial charge in [-0.1, -0.05) is 17.7 Å². The molecule has 3 aromatic heterocycles. The van der Waals surface area contributed by atoms with Crippen molar-refractivity contribution in [2.45, 2.75) is 27.3 Å². The fraction of sp³-hybridized carbons (Fsp3) is 0.250. The summed E-state index contributed by atoms with van der Waals surface area (Å²) in [5.41, 5.74) is 5.62. The van der Waals surface area contributed by atoms with Crippen LogP contribution in [0.5, 0.6) is 0 Å². The molecule has 4 rings (SSSR count). The van der Waals surface area contributed by atoms with E-state index >= 15 is 0 Å². The van der Waals surface area contributed by atoms with Crippen molar-refractivity contribution in [1.29, 1.82) is 5.26 Å². The quantitative estimate of drug-likeness (QED) is 0.490. The van der Waals surface area contributed by atoms with Crippen LogP contribution in [0.25, 0.3) is 21.3 Å². The number of hydrogen-bond acceptors (Lipinski definition) is 4. The number of thiophene rings is 1. The molecule has 0 saturated carbocycles. The van der Waals surface area contributed by atoms with Crippen molar-refractivity contribution in [2.75, 3.05) is 0 Å². The van der Waals surface area contributed by atoms with Crippen LogP contribution < -0.4 is 0 Å². The van der Waals surface area contributed by atoms with Crippen LogP contribution in [0.15, 0.2) is 24.3 Å². The van der Waals surface area contributed by atoms with Gasteiger partial charge in [-0.3, -0.25) is 9.36 Å². The van der Waals surface area contributed by atoms with E-state index in [1.807, 2.05) is 42.4 Å². The Kier molecular flexibility index (Phi) is 4.29. The number of nitriles is 1. The Bertz CT molecular complexity index is 1190. The third-order valence-electron chi connectivity index (χ3n) is 4.81. The number of aryl methyl sites for hydroxylation is 3. The molecule has 0 spiro atoms. The van der Waals surface area contributed by atoms with Gasteiger partial charge >= 0.3 is 0 Å². The zero-order chi connectivity index (χ0) is 19.3. The number of aromatic nitrogens is 4. The molecule has 0 N–H and O–H groups in total. The highest BCUT2D eigenvalue weighted by Gasteiger charge is 2.17. The monoisotopic (exact) mass is 395 g/mol. The molecule has 3 heterocycles. The Balaban J connectivity index is 1.73. The van der Waals surface area contributed by atoms with E-state index in [0.717, 1.165) is 34.8 Å². The van der Waals surface area contributed by atoms with Gasteiger partial charge in [-0.15, -0.1) is 11.3 Å². The van der Waals surface area contributed by atoms with Gasteiger partial charge in [0, 0.05) is 28.6 Å². The van der Waals surface area contributed by atoms with Crippen LogP contribution in [-0.4, -0.2) is 19.6 Å². The Morgan fingerprint density at radius 2 is 1.93 bits per heavy atom. The number of nitrogens with zero attached hydrogens (tertiary/aromatic N) is 5. The van der Waals surface area contributed by atoms with Crippen molar-refractivity contribution in [3.63, 3.8) is 0 Å². The van der Waals surface area contributed by atoms with E-state index in [0.29, 0.717) is 10.6 Å². The zero-order valence-electron chi connectivity index (χ0n) is 15.5. The van der Waals surface area contributed by atoms with Gasteiger partial charge in [0.15, 0.2) is 0 Å². The topological polar surface area (TPSA) is 59.4 Å². The van der Waals surface area contributed by atoms with Gasteiger partial charge in [0.1, 0.15) is 10.9 Å². The highest BCUT2D eigenvalue weighted by molar-refractivity contribution is 7.18. The number of rotatable bonds is 3. The number of halogens is 1. The normalized spacial score (nSPS) is 11.3. The van der Waals surface area contributed by atoms with Crippen molar-refractivity contribution < 1.29 is 0 Å². The first-order valence-corrected chi connectivity index (χ1v) is 9.74. The van der Waals surface area contributed by atoms with Gasteiger partial charge in [-0.05, 0) is 44.5 Å². The smallest absolute Gasteiger partial charge is 0.121 e. The van der Waals surface area contributed by atoms with Gasteiger partial charge in [-0.25, -0.2) is 0 Å². The van der Waals surface area contributed by atoms with Crippen molar-refractivity contribution in [3.05, 3.63) is 56.8 Å². The second-order valence-corrected chi connectivity index (χ2v) is 8.17. The predicted molar refractivity (Wildman–Crippen MR) is 109 cm³/mol. The lowest BCUT2D eigenvalue weighted by Gasteiger charge is -2.06. The molecule has 0 amide bonds. The van der Waals surface area contributed by atoms with Crippen LogP contribution in [0.4, 0.5) is 0 Å². The summed E-state index contributed by atoms with van der Waals surface area (Å²) in [7, 11) is 1.98. The van der Waals surface area contributed by atoms with Crippen molar-refractivity contribution in [3.8, 4) is 17.2 Å². The lowest BCUT2D eigenvalue weighted by atomic mass is 10.0. The van der Waals surface area contributed by atoms with E-state index < -0.39 is 0 Å². The molecule has 0 aliphatic rings. The highest BCUT2D eigenvalue weighted by atomic mass is 35.5. The minimum atomic E-state index is 0.467. The summed E-state index contributed by atoms with van der Waals surface area (Å²) in [6.07, 6.45) is 0. The number of benzene rings is 1. The minimum absolute atomic E-state index is 0.467. The largest absolute Gasteiger partial charge is 0.264 e. The molecule has 1 aromatic carbocycles. The fourth-order valence-electron chi connectivity index (χ4n) is 3.51. The Morgan fingerprint density at radius 3 is 2.59 bits per heavy atom. The van der Waals surface area contributed by atoms with Crippen LogP contribution in [0.3, 0.4) is 0 Å². The van der Waals surface area contributed by atoms with Gasteiger partial charge in [0.2, 0.25) is 0 Å². The second kappa shape index (κ2) is 6.52. The summed E-state index contributed by atoms with van der Waals surface area (Å²) < 4.78 is 3.97. The summed E-state index contributed by atoms with van der Waals surface area (Å²) in [5.74, 6) is 0. The predicted octanol–water partition coefficient (Wildman–Crippen LogP) is 5.00. The lowest BCUT2D eigenvalue weighted by Crippen LogP contribution is -2.02. The fourth-order valence-corrected chi connectivity index (χ4v) is 4.83. The Labute approximate surface area is 166 Å². The molecule has 4 aromatic rings. The standard InChI is InChI=1S/C20H18ClN5S/c1-11-17-8-16(27-20(17)25(4)23-11)10-26-13(3)19(12(2)24-26)14-5-6-15(9-22)18(21)7-14/h5-8H,10H2,1-4H3. The third-order valence-corrected chi connectivity index (χ3v) is 6.31. The lowest BCUT2D eigenvalue weighted by molar-refractivity contribution is 0.666. The second-order valence-electron chi connectivity index (χ2n) is 6.65. The van der Waals surface area contributed by atoms with E-state index in [1.54, 1.807) is 17.4 Å². The number of fused-ring (bicyclic) bond motifs is 1. The Hall–Kier alpha value is -2.62. The van der Waals surface area contributed by atoms with E-state index in [9.17, 15) is 0 Å². The molecule has 0 saturated heterocycles. The molecule has 0 aliphatic carbocycles. The van der Waals surface area contributed by atoms with Crippen LogP contribution in [0.2, 0.25) is 5.02 Å². The summed E-state index contributed by atoms with van der Waals surface area (Å²) in [5, 5.41) is 20.0. The summed E-state index contributed by atoms with van der Waals surface area (Å²) in [6, 6.07) is 9.84. The van der Waals surface area contributed by atoms with Crippen LogP contribution in [0.1, 0.15) is 27.5 Å². The molecule has 0 atom stereocenters. The SMILES string of the molecule is Cc1nn(Cc2cc3c(C)nn(C)c3s2)c(C)c1-c1ccc(C#N)c(Cl)c1. The van der Waals surface area contributed by atoms with E-state index in [-0.39, 0.29) is 0 Å². The zero-order valence-corrected chi connectivity index (χ0v) is 17.1. The molecule has 0 aliphatic heterocycles. The van der Waals surface area contributed by atoms with E-state index in [4.69, 9.17) is 22.0 Å². The van der Waals surface area contributed by atoms with Crippen molar-refractivity contribution in [1.82, 2.24) is 19.6 Å². The van der Waals surface area contributed by atoms with Gasteiger partial charge in [0.05, 0.1) is 28.5 Å². The molecule has 136 valence electrons. The first-order chi connectivity index (χ1) is 12.9. The summed E-state index contributed by atoms with van der Waals surface area (Å²) in [4.78, 5) is 2.43. The maximum absolute atomic E-state index is 9.08. The first-order valence-electron chi connectivity index (χ1n) is 8.55. The summed E-state index contributed by atoms with van der Waals surface area (Å²) >= 11 is 7.98. The van der Waals surface area contributed by atoms with Gasteiger partial charge in [0.25, 0.3) is 0 Å². The molecular formula is C20H18ClN5S. The average Bonchev–Trinajstić information content (AvgIpc) is 3.24. The van der Waals surface area contributed by atoms with Crippen molar-refractivity contribution >= 4 is 33.2 Å². The minimum Gasteiger partial charge on any atom is -0.264 e. The van der Waals surface area contributed by atoms with E-state index in [2.05, 4.69) is 24.2 Å². The Morgan fingerprint density at radius 1 is 1.15 bits per heavy atom. The molecule has 5 nitrogen and oxygen atoms in total. The molecule has 0 unspecified atom stereocenters. The van der Waals surface area contributed by atoms with Crippen LogP contribution in [0, 0.1) is 32.1 Å². The summed E-state index contributed by atoms with van der Waals surface area (Å²) in [6.45, 7) is 6.83. The third kappa shape index (κ3) is 2.93. The molecule has 0 radical (unpaired) electrons. The number of hydrogen-bond donors (Lipinski definition) is 0. The maximum atomic E-state index is 9.08. The van der Waals surface area contributed by atoms with Gasteiger partial charge in [-0.2, -0.15) is 15.5 Å². The van der Waals surface area contributed by atoms with Crippen LogP contribution >= 0.6 is 22.9 Å². The van der Waals surface area contributed by atoms with E-state index in [1.165, 1.54) is 15.1 Å².